The lowest BCUT2D eigenvalue weighted by atomic mass is 9.77. The van der Waals surface area contributed by atoms with Crippen LogP contribution in [0.2, 0.25) is 0 Å². The summed E-state index contributed by atoms with van der Waals surface area (Å²) in [7, 11) is -3.79. The Bertz CT molecular complexity index is 1180. The second kappa shape index (κ2) is 7.12. The van der Waals surface area contributed by atoms with Gasteiger partial charge in [-0.05, 0) is 24.6 Å². The van der Waals surface area contributed by atoms with Gasteiger partial charge in [-0.2, -0.15) is 0 Å². The molecule has 2 saturated heterocycles. The molecular formula is C23H22N2O5S. The van der Waals surface area contributed by atoms with E-state index in [1.165, 1.54) is 17.0 Å². The van der Waals surface area contributed by atoms with Crippen molar-refractivity contribution in [1.82, 2.24) is 9.62 Å². The number of fused-ring (bicyclic) bond motifs is 5. The minimum atomic E-state index is -3.79. The van der Waals surface area contributed by atoms with Gasteiger partial charge in [-0.1, -0.05) is 60.2 Å². The normalized spacial score (nSPS) is 29.1. The summed E-state index contributed by atoms with van der Waals surface area (Å²) in [5, 5.41) is 0. The van der Waals surface area contributed by atoms with E-state index in [0.717, 1.165) is 11.1 Å². The van der Waals surface area contributed by atoms with E-state index in [-0.39, 0.29) is 29.8 Å². The number of aryl methyl sites for hydroxylation is 1. The van der Waals surface area contributed by atoms with E-state index in [9.17, 15) is 18.0 Å². The summed E-state index contributed by atoms with van der Waals surface area (Å²) in [6, 6.07) is 15.8. The molecule has 8 heteroatoms. The number of benzene rings is 2. The third kappa shape index (κ3) is 3.22. The minimum Gasteiger partial charge on any atom is -0.361 e. The fraction of sp³-hybridized carbons (Fsp3) is 0.304. The van der Waals surface area contributed by atoms with Crippen molar-refractivity contribution in [2.24, 2.45) is 11.8 Å². The number of nitrogens with zero attached hydrogens (tertiary/aromatic N) is 1. The van der Waals surface area contributed by atoms with Gasteiger partial charge in [0.05, 0.1) is 29.4 Å². The maximum Gasteiger partial charge on any atom is 0.240 e. The molecular weight excluding hydrogens is 416 g/mol. The molecule has 4 atom stereocenters. The lowest BCUT2D eigenvalue weighted by Gasteiger charge is -2.29. The van der Waals surface area contributed by atoms with Gasteiger partial charge < -0.3 is 4.74 Å². The van der Waals surface area contributed by atoms with E-state index in [4.69, 9.17) is 4.74 Å². The number of ether oxygens (including phenoxy) is 1. The van der Waals surface area contributed by atoms with Gasteiger partial charge in [0.25, 0.3) is 0 Å². The number of amides is 2. The average molecular weight is 439 g/mol. The molecule has 0 saturated carbocycles. The van der Waals surface area contributed by atoms with Crippen LogP contribution in [0.1, 0.15) is 11.1 Å². The molecule has 2 bridgehead atoms. The fourth-order valence-corrected chi connectivity index (χ4v) is 5.77. The van der Waals surface area contributed by atoms with Crippen LogP contribution in [-0.4, -0.2) is 43.4 Å². The zero-order valence-corrected chi connectivity index (χ0v) is 17.7. The van der Waals surface area contributed by atoms with E-state index in [1.54, 1.807) is 24.3 Å². The highest BCUT2D eigenvalue weighted by Gasteiger charge is 2.67. The highest BCUT2D eigenvalue weighted by atomic mass is 32.2. The Morgan fingerprint density at radius 1 is 1.03 bits per heavy atom. The summed E-state index contributed by atoms with van der Waals surface area (Å²) in [5.74, 6) is -1.94. The van der Waals surface area contributed by atoms with Crippen molar-refractivity contribution in [3.05, 3.63) is 77.9 Å². The number of carbonyl (C=O) groups is 2. The molecule has 3 heterocycles. The van der Waals surface area contributed by atoms with E-state index in [0.29, 0.717) is 0 Å². The van der Waals surface area contributed by atoms with E-state index >= 15 is 0 Å². The van der Waals surface area contributed by atoms with Gasteiger partial charge in [-0.15, -0.1) is 0 Å². The van der Waals surface area contributed by atoms with Crippen LogP contribution in [-0.2, 0) is 30.9 Å². The Kier molecular flexibility index (Phi) is 4.62. The van der Waals surface area contributed by atoms with Crippen molar-refractivity contribution < 1.29 is 22.7 Å². The van der Waals surface area contributed by atoms with E-state index in [2.05, 4.69) is 4.72 Å². The number of sulfonamides is 1. The molecule has 160 valence electrons. The van der Waals surface area contributed by atoms with Crippen molar-refractivity contribution in [3.63, 3.8) is 0 Å². The highest BCUT2D eigenvalue weighted by molar-refractivity contribution is 7.89. The van der Waals surface area contributed by atoms with Gasteiger partial charge in [0.15, 0.2) is 0 Å². The monoisotopic (exact) mass is 438 g/mol. The van der Waals surface area contributed by atoms with Crippen LogP contribution >= 0.6 is 0 Å². The van der Waals surface area contributed by atoms with Gasteiger partial charge in [0, 0.05) is 6.54 Å². The first-order valence-electron chi connectivity index (χ1n) is 10.1. The number of imide groups is 1. The molecule has 0 radical (unpaired) electrons. The summed E-state index contributed by atoms with van der Waals surface area (Å²) < 4.78 is 34.1. The molecule has 3 aliphatic rings. The number of rotatable bonds is 6. The van der Waals surface area contributed by atoms with Gasteiger partial charge >= 0.3 is 0 Å². The Morgan fingerprint density at radius 3 is 2.45 bits per heavy atom. The van der Waals surface area contributed by atoms with Gasteiger partial charge in [-0.3, -0.25) is 14.5 Å². The molecule has 3 aliphatic heterocycles. The maximum absolute atomic E-state index is 13.2. The first-order chi connectivity index (χ1) is 14.8. The second-order valence-electron chi connectivity index (χ2n) is 8.29. The zero-order valence-electron chi connectivity index (χ0n) is 16.9. The lowest BCUT2D eigenvalue weighted by Crippen LogP contribution is -2.48. The van der Waals surface area contributed by atoms with Crippen molar-refractivity contribution in [3.8, 4) is 0 Å². The minimum absolute atomic E-state index is 0.116. The van der Waals surface area contributed by atoms with Crippen LogP contribution in [0.4, 0.5) is 0 Å². The largest absolute Gasteiger partial charge is 0.361 e. The molecule has 2 amide bonds. The Morgan fingerprint density at radius 2 is 1.74 bits per heavy atom. The first kappa shape index (κ1) is 20.1. The Balaban J connectivity index is 1.38. The van der Waals surface area contributed by atoms with Crippen LogP contribution in [0.3, 0.4) is 0 Å². The van der Waals surface area contributed by atoms with Gasteiger partial charge in [0.2, 0.25) is 21.8 Å². The van der Waals surface area contributed by atoms with E-state index in [1.807, 2.05) is 37.3 Å². The molecule has 2 aromatic rings. The Labute approximate surface area is 180 Å². The third-order valence-electron chi connectivity index (χ3n) is 6.30. The van der Waals surface area contributed by atoms with E-state index < -0.39 is 33.6 Å². The molecule has 0 aromatic heterocycles. The topological polar surface area (TPSA) is 92.8 Å². The number of hydrogen-bond donors (Lipinski definition) is 1. The predicted octanol–water partition coefficient (Wildman–Crippen LogP) is 1.78. The Hall–Kier alpha value is -2.81. The van der Waals surface area contributed by atoms with Crippen LogP contribution in [0.15, 0.2) is 71.6 Å². The van der Waals surface area contributed by atoms with Crippen molar-refractivity contribution >= 4 is 21.8 Å². The second-order valence-corrected chi connectivity index (χ2v) is 10.1. The van der Waals surface area contributed by atoms with Crippen LogP contribution in [0.5, 0.6) is 0 Å². The lowest BCUT2D eigenvalue weighted by molar-refractivity contribution is -0.144. The predicted molar refractivity (Wildman–Crippen MR) is 112 cm³/mol. The molecule has 5 rings (SSSR count). The molecule has 2 aromatic carbocycles. The molecule has 7 nitrogen and oxygen atoms in total. The standard InChI is InChI=1S/C23H22N2O5S/c1-15-7-9-17(10-8-15)31(28,29)24-14-23-12-11-18(30-23)19-20(23)22(27)25(21(19)26)13-16-5-3-2-4-6-16/h2-12,18-20,24H,13-14H2,1H3/t18-,19+,20-,23-/m1/s1. The van der Waals surface area contributed by atoms with Crippen LogP contribution < -0.4 is 4.72 Å². The number of likely N-dealkylation sites (tertiary alicyclic amines) is 1. The SMILES string of the molecule is Cc1ccc(S(=O)(=O)NC[C@@]23C=C[C@@H](O2)[C@@H]2C(=O)N(Cc4ccccc4)C(=O)[C@@H]23)cc1. The summed E-state index contributed by atoms with van der Waals surface area (Å²) in [4.78, 5) is 27.7. The number of hydrogen-bond acceptors (Lipinski definition) is 5. The van der Waals surface area contributed by atoms with Gasteiger partial charge in [0.1, 0.15) is 5.60 Å². The van der Waals surface area contributed by atoms with Crippen LogP contribution in [0, 0.1) is 18.8 Å². The summed E-state index contributed by atoms with van der Waals surface area (Å²) in [6.07, 6.45) is 2.97. The highest BCUT2D eigenvalue weighted by Crippen LogP contribution is 2.51. The van der Waals surface area contributed by atoms with Crippen LogP contribution in [0.25, 0.3) is 0 Å². The molecule has 0 spiro atoms. The smallest absolute Gasteiger partial charge is 0.240 e. The van der Waals surface area contributed by atoms with Crippen molar-refractivity contribution in [2.75, 3.05) is 6.54 Å². The first-order valence-corrected chi connectivity index (χ1v) is 11.6. The third-order valence-corrected chi connectivity index (χ3v) is 7.72. The maximum atomic E-state index is 13.2. The molecule has 1 N–H and O–H groups in total. The van der Waals surface area contributed by atoms with Crippen molar-refractivity contribution in [1.29, 1.82) is 0 Å². The summed E-state index contributed by atoms with van der Waals surface area (Å²) in [6.45, 7) is 1.96. The fourth-order valence-electron chi connectivity index (χ4n) is 4.70. The summed E-state index contributed by atoms with van der Waals surface area (Å²) >= 11 is 0. The molecule has 2 fully saturated rings. The molecule has 31 heavy (non-hydrogen) atoms. The van der Waals surface area contributed by atoms with Crippen molar-refractivity contribution in [2.45, 2.75) is 30.1 Å². The quantitative estimate of drug-likeness (QED) is 0.548. The molecule has 0 unspecified atom stereocenters. The molecule has 0 aliphatic carbocycles. The summed E-state index contributed by atoms with van der Waals surface area (Å²) in [5.41, 5.74) is 0.653. The van der Waals surface area contributed by atoms with Gasteiger partial charge in [-0.25, -0.2) is 13.1 Å². The average Bonchev–Trinajstić information content (AvgIpc) is 3.40. The zero-order chi connectivity index (χ0) is 21.8. The number of carbonyl (C=O) groups excluding carboxylic acids is 2. The number of nitrogens with one attached hydrogen (secondary N) is 1.